The van der Waals surface area contributed by atoms with E-state index in [-0.39, 0.29) is 11.9 Å². The lowest BCUT2D eigenvalue weighted by atomic mass is 10.1. The van der Waals surface area contributed by atoms with Crippen molar-refractivity contribution in [1.29, 1.82) is 0 Å². The topological polar surface area (TPSA) is 34.1 Å². The van der Waals surface area contributed by atoms with E-state index in [9.17, 15) is 4.39 Å². The lowest BCUT2D eigenvalue weighted by Crippen LogP contribution is -2.26. The van der Waals surface area contributed by atoms with Crippen molar-refractivity contribution in [1.82, 2.24) is 10.3 Å². The number of aryl methyl sites for hydroxylation is 1. The van der Waals surface area contributed by atoms with Crippen LogP contribution in [0.5, 0.6) is 0 Å². The zero-order chi connectivity index (χ0) is 14.5. The summed E-state index contributed by atoms with van der Waals surface area (Å²) in [5.41, 5.74) is 1.83. The number of methoxy groups -OCH3 is 1. The third-order valence-corrected chi connectivity index (χ3v) is 4.49. The lowest BCUT2D eigenvalue weighted by molar-refractivity contribution is 0.197. The van der Waals surface area contributed by atoms with Crippen LogP contribution < -0.4 is 5.32 Å². The smallest absolute Gasteiger partial charge is 0.137 e. The van der Waals surface area contributed by atoms with Gasteiger partial charge in [0.25, 0.3) is 0 Å². The van der Waals surface area contributed by atoms with Crippen LogP contribution in [-0.4, -0.2) is 25.2 Å². The Balaban J connectivity index is 2.27. The number of aromatic nitrogens is 1. The van der Waals surface area contributed by atoms with Gasteiger partial charge in [-0.3, -0.25) is 0 Å². The summed E-state index contributed by atoms with van der Waals surface area (Å²) in [4.78, 5) is 4.50. The van der Waals surface area contributed by atoms with Crippen LogP contribution in [0, 0.1) is 12.7 Å². The standard InChI is InChI=1S/C14H16BrFN2OS/c1-9-8-20-14(18-9)13(17-5-6-19-2)10-3-4-11(15)12(16)7-10/h3-4,7-8,13,17H,5-6H2,1-2H3. The summed E-state index contributed by atoms with van der Waals surface area (Å²) in [5.74, 6) is -0.269. The van der Waals surface area contributed by atoms with E-state index in [2.05, 4.69) is 26.2 Å². The molecule has 6 heteroatoms. The van der Waals surface area contributed by atoms with Crippen LogP contribution in [0.15, 0.2) is 28.1 Å². The van der Waals surface area contributed by atoms with Gasteiger partial charge < -0.3 is 10.1 Å². The molecule has 108 valence electrons. The Bertz CT molecular complexity index is 576. The number of thiazole rings is 1. The molecule has 1 aromatic carbocycles. The summed E-state index contributed by atoms with van der Waals surface area (Å²) < 4.78 is 19.2. The van der Waals surface area contributed by atoms with Crippen molar-refractivity contribution in [3.05, 3.63) is 50.1 Å². The Hall–Kier alpha value is -0.820. The molecule has 3 nitrogen and oxygen atoms in total. The number of rotatable bonds is 6. The largest absolute Gasteiger partial charge is 0.383 e. The second-order valence-corrected chi connectivity index (χ2v) is 6.12. The lowest BCUT2D eigenvalue weighted by Gasteiger charge is -2.17. The van der Waals surface area contributed by atoms with Crippen molar-refractivity contribution in [2.75, 3.05) is 20.3 Å². The average Bonchev–Trinajstić information content (AvgIpc) is 2.85. The molecule has 1 N–H and O–H groups in total. The molecule has 1 atom stereocenters. The van der Waals surface area contributed by atoms with Crippen molar-refractivity contribution >= 4 is 27.3 Å². The second-order valence-electron chi connectivity index (χ2n) is 4.38. The molecule has 0 spiro atoms. The van der Waals surface area contributed by atoms with Crippen LogP contribution in [0.1, 0.15) is 22.3 Å². The summed E-state index contributed by atoms with van der Waals surface area (Å²) in [5, 5.41) is 6.28. The van der Waals surface area contributed by atoms with Gasteiger partial charge in [0.1, 0.15) is 10.8 Å². The molecule has 2 aromatic rings. The highest BCUT2D eigenvalue weighted by Crippen LogP contribution is 2.27. The van der Waals surface area contributed by atoms with Gasteiger partial charge in [0.05, 0.1) is 17.1 Å². The number of ether oxygens (including phenoxy) is 1. The van der Waals surface area contributed by atoms with Gasteiger partial charge in [-0.25, -0.2) is 9.37 Å². The molecule has 1 heterocycles. The molecular weight excluding hydrogens is 343 g/mol. The molecule has 0 bridgehead atoms. The van der Waals surface area contributed by atoms with Crippen LogP contribution >= 0.6 is 27.3 Å². The summed E-state index contributed by atoms with van der Waals surface area (Å²) in [6.45, 7) is 3.23. The average molecular weight is 359 g/mol. The van der Waals surface area contributed by atoms with E-state index < -0.39 is 0 Å². The number of halogens is 2. The van der Waals surface area contributed by atoms with Crippen molar-refractivity contribution in [3.63, 3.8) is 0 Å². The first kappa shape index (κ1) is 15.6. The molecule has 0 aliphatic carbocycles. The van der Waals surface area contributed by atoms with E-state index in [1.165, 1.54) is 6.07 Å². The zero-order valence-corrected chi connectivity index (χ0v) is 13.7. The van der Waals surface area contributed by atoms with Gasteiger partial charge in [-0.15, -0.1) is 11.3 Å². The Labute approximate surface area is 130 Å². The first-order valence-electron chi connectivity index (χ1n) is 6.21. The van der Waals surface area contributed by atoms with Gasteiger partial charge in [-0.1, -0.05) is 6.07 Å². The highest BCUT2D eigenvalue weighted by Gasteiger charge is 2.18. The SMILES string of the molecule is COCCNC(c1ccc(Br)c(F)c1)c1nc(C)cs1. The van der Waals surface area contributed by atoms with Crippen LogP contribution in [0.25, 0.3) is 0 Å². The summed E-state index contributed by atoms with van der Waals surface area (Å²) in [7, 11) is 1.66. The zero-order valence-electron chi connectivity index (χ0n) is 11.3. The Morgan fingerprint density at radius 2 is 2.30 bits per heavy atom. The molecule has 0 saturated carbocycles. The number of nitrogens with one attached hydrogen (secondary N) is 1. The number of hydrogen-bond donors (Lipinski definition) is 1. The summed E-state index contributed by atoms with van der Waals surface area (Å²) in [6, 6.07) is 5.03. The minimum atomic E-state index is -0.269. The van der Waals surface area contributed by atoms with Crippen LogP contribution in [-0.2, 0) is 4.74 Å². The van der Waals surface area contributed by atoms with Gasteiger partial charge in [0.15, 0.2) is 0 Å². The monoisotopic (exact) mass is 358 g/mol. The minimum absolute atomic E-state index is 0.119. The predicted octanol–water partition coefficient (Wildman–Crippen LogP) is 3.68. The molecule has 0 radical (unpaired) electrons. The normalized spacial score (nSPS) is 12.6. The molecule has 0 aliphatic heterocycles. The first-order chi connectivity index (χ1) is 9.61. The first-order valence-corrected chi connectivity index (χ1v) is 7.88. The third-order valence-electron chi connectivity index (χ3n) is 2.82. The predicted molar refractivity (Wildman–Crippen MR) is 82.7 cm³/mol. The van der Waals surface area contributed by atoms with Crippen molar-refractivity contribution in [3.8, 4) is 0 Å². The quantitative estimate of drug-likeness (QED) is 0.799. The maximum absolute atomic E-state index is 13.7. The molecule has 1 aromatic heterocycles. The molecule has 0 aliphatic rings. The van der Waals surface area contributed by atoms with Crippen molar-refractivity contribution in [2.24, 2.45) is 0 Å². The van der Waals surface area contributed by atoms with E-state index in [1.54, 1.807) is 24.5 Å². The second kappa shape index (κ2) is 7.26. The summed E-state index contributed by atoms with van der Waals surface area (Å²) in [6.07, 6.45) is 0. The molecule has 20 heavy (non-hydrogen) atoms. The van der Waals surface area contributed by atoms with Gasteiger partial charge in [-0.05, 0) is 40.5 Å². The number of benzene rings is 1. The molecule has 2 rings (SSSR count). The fourth-order valence-corrected chi connectivity index (χ4v) is 2.99. The summed E-state index contributed by atoms with van der Waals surface area (Å²) >= 11 is 4.75. The highest BCUT2D eigenvalue weighted by molar-refractivity contribution is 9.10. The van der Waals surface area contributed by atoms with Gasteiger partial charge >= 0.3 is 0 Å². The number of hydrogen-bond acceptors (Lipinski definition) is 4. The van der Waals surface area contributed by atoms with E-state index in [0.717, 1.165) is 16.3 Å². The van der Waals surface area contributed by atoms with E-state index >= 15 is 0 Å². The maximum atomic E-state index is 13.7. The fraction of sp³-hybridized carbons (Fsp3) is 0.357. The fourth-order valence-electron chi connectivity index (χ4n) is 1.85. The maximum Gasteiger partial charge on any atom is 0.137 e. The van der Waals surface area contributed by atoms with Gasteiger partial charge in [0.2, 0.25) is 0 Å². The Morgan fingerprint density at radius 1 is 1.50 bits per heavy atom. The van der Waals surface area contributed by atoms with Gasteiger partial charge in [0, 0.05) is 24.7 Å². The van der Waals surface area contributed by atoms with Crippen LogP contribution in [0.2, 0.25) is 0 Å². The Kier molecular flexibility index (Phi) is 5.65. The van der Waals surface area contributed by atoms with Crippen LogP contribution in [0.3, 0.4) is 0 Å². The molecular formula is C14H16BrFN2OS. The Morgan fingerprint density at radius 3 is 2.90 bits per heavy atom. The van der Waals surface area contributed by atoms with Crippen molar-refractivity contribution in [2.45, 2.75) is 13.0 Å². The van der Waals surface area contributed by atoms with E-state index in [0.29, 0.717) is 17.6 Å². The van der Waals surface area contributed by atoms with Crippen molar-refractivity contribution < 1.29 is 9.13 Å². The number of nitrogens with zero attached hydrogens (tertiary/aromatic N) is 1. The highest BCUT2D eigenvalue weighted by atomic mass is 79.9. The third kappa shape index (κ3) is 3.85. The van der Waals surface area contributed by atoms with Crippen LogP contribution in [0.4, 0.5) is 4.39 Å². The molecule has 0 amide bonds. The van der Waals surface area contributed by atoms with E-state index in [4.69, 9.17) is 4.74 Å². The molecule has 1 unspecified atom stereocenters. The minimum Gasteiger partial charge on any atom is -0.383 e. The van der Waals surface area contributed by atoms with E-state index in [1.807, 2.05) is 18.4 Å². The molecule has 0 fully saturated rings. The molecule has 0 saturated heterocycles. The van der Waals surface area contributed by atoms with Gasteiger partial charge in [-0.2, -0.15) is 0 Å².